The van der Waals surface area contributed by atoms with Gasteiger partial charge in [-0.15, -0.1) is 0 Å². The summed E-state index contributed by atoms with van der Waals surface area (Å²) < 4.78 is 13.8. The Bertz CT molecular complexity index is 1430. The molecule has 7 nitrogen and oxygen atoms in total. The number of nitrogens with zero attached hydrogens (tertiary/aromatic N) is 4. The van der Waals surface area contributed by atoms with Crippen LogP contribution in [-0.2, 0) is 9.53 Å². The normalized spacial score (nSPS) is 21.8. The van der Waals surface area contributed by atoms with Crippen LogP contribution in [0.4, 0.5) is 0 Å². The van der Waals surface area contributed by atoms with Gasteiger partial charge in [0.15, 0.2) is 10.9 Å². The first-order valence-electron chi connectivity index (χ1n) is 11.6. The standard InChI is InChI=1S/C27H24N4O3S/c1-17-14-30(15-18(2)33-17)27-28-26(32)24(35-27)13-20-16-31(21-9-4-3-5-10-21)29-25(20)23-12-19-8-6-7-11-22(19)34-23/h3-13,16-18H,14-15H2,1-2H3/b24-13+/t17-,18+. The van der Waals surface area contributed by atoms with Crippen LogP contribution in [-0.4, -0.2) is 51.1 Å². The smallest absolute Gasteiger partial charge is 0.286 e. The molecule has 0 spiro atoms. The van der Waals surface area contributed by atoms with E-state index >= 15 is 0 Å². The lowest BCUT2D eigenvalue weighted by Gasteiger charge is -2.35. The molecule has 8 heteroatoms. The van der Waals surface area contributed by atoms with Gasteiger partial charge in [-0.25, -0.2) is 4.68 Å². The van der Waals surface area contributed by atoms with Crippen molar-refractivity contribution in [2.75, 3.05) is 13.1 Å². The lowest BCUT2D eigenvalue weighted by atomic mass is 10.2. The molecule has 2 aromatic heterocycles. The van der Waals surface area contributed by atoms with Crippen LogP contribution in [0.1, 0.15) is 19.4 Å². The Hall–Kier alpha value is -3.62. The van der Waals surface area contributed by atoms with Crippen molar-refractivity contribution in [3.05, 3.63) is 77.3 Å². The third-order valence-electron chi connectivity index (χ3n) is 6.01. The molecular weight excluding hydrogens is 460 g/mol. The van der Waals surface area contributed by atoms with E-state index in [0.717, 1.165) is 27.4 Å². The molecule has 2 aliphatic heterocycles. The van der Waals surface area contributed by atoms with Gasteiger partial charge in [-0.3, -0.25) is 4.79 Å². The number of carbonyl (C=O) groups excluding carboxylic acids is 1. The SMILES string of the molecule is C[C@@H]1CN(C2=NC(=O)/C(=C\c3cn(-c4ccccc4)nc3-c3cc4ccccc4o3)S2)C[C@H](C)O1. The maximum absolute atomic E-state index is 12.9. The van der Waals surface area contributed by atoms with E-state index in [-0.39, 0.29) is 18.1 Å². The van der Waals surface area contributed by atoms with E-state index in [1.54, 1.807) is 0 Å². The first-order valence-corrected chi connectivity index (χ1v) is 12.4. The molecule has 0 unspecified atom stereocenters. The van der Waals surface area contributed by atoms with Gasteiger partial charge >= 0.3 is 0 Å². The number of carbonyl (C=O) groups is 1. The Balaban J connectivity index is 1.38. The number of hydrogen-bond acceptors (Lipinski definition) is 6. The summed E-state index contributed by atoms with van der Waals surface area (Å²) in [6.07, 6.45) is 3.98. The number of furan rings is 1. The molecule has 0 N–H and O–H groups in total. The Morgan fingerprint density at radius 1 is 1.03 bits per heavy atom. The lowest BCUT2D eigenvalue weighted by Crippen LogP contribution is -2.47. The van der Waals surface area contributed by atoms with Gasteiger partial charge in [0.05, 0.1) is 22.8 Å². The molecule has 0 aliphatic carbocycles. The average molecular weight is 485 g/mol. The van der Waals surface area contributed by atoms with Gasteiger partial charge in [0.25, 0.3) is 5.91 Å². The van der Waals surface area contributed by atoms with Crippen LogP contribution in [0.5, 0.6) is 0 Å². The summed E-state index contributed by atoms with van der Waals surface area (Å²) in [7, 11) is 0. The fourth-order valence-corrected chi connectivity index (χ4v) is 5.43. The first-order chi connectivity index (χ1) is 17.0. The maximum atomic E-state index is 12.9. The number of para-hydroxylation sites is 2. The van der Waals surface area contributed by atoms with E-state index in [9.17, 15) is 4.79 Å². The molecule has 1 fully saturated rings. The Morgan fingerprint density at radius 3 is 2.54 bits per heavy atom. The third kappa shape index (κ3) is 4.31. The molecule has 2 aromatic carbocycles. The highest BCUT2D eigenvalue weighted by Gasteiger charge is 2.31. The second-order valence-electron chi connectivity index (χ2n) is 8.83. The van der Waals surface area contributed by atoms with Crippen LogP contribution >= 0.6 is 11.8 Å². The van der Waals surface area contributed by atoms with Crippen LogP contribution in [0.15, 0.2) is 81.2 Å². The van der Waals surface area contributed by atoms with Crippen molar-refractivity contribution in [3.63, 3.8) is 0 Å². The van der Waals surface area contributed by atoms with Gasteiger partial charge in [-0.2, -0.15) is 10.1 Å². The van der Waals surface area contributed by atoms with Crippen molar-refractivity contribution < 1.29 is 13.9 Å². The number of fused-ring (bicyclic) bond motifs is 1. The summed E-state index contributed by atoms with van der Waals surface area (Å²) in [5.74, 6) is 0.417. The first kappa shape index (κ1) is 21.9. The van der Waals surface area contributed by atoms with Gasteiger partial charge in [0, 0.05) is 30.2 Å². The summed E-state index contributed by atoms with van der Waals surface area (Å²) in [6.45, 7) is 5.51. The quantitative estimate of drug-likeness (QED) is 0.364. The van der Waals surface area contributed by atoms with Gasteiger partial charge < -0.3 is 14.1 Å². The van der Waals surface area contributed by atoms with Crippen molar-refractivity contribution in [1.82, 2.24) is 14.7 Å². The summed E-state index contributed by atoms with van der Waals surface area (Å²) in [5.41, 5.74) is 3.19. The van der Waals surface area contributed by atoms with Gasteiger partial charge in [0.1, 0.15) is 11.3 Å². The zero-order chi connectivity index (χ0) is 23.9. The Morgan fingerprint density at radius 2 is 1.77 bits per heavy atom. The zero-order valence-electron chi connectivity index (χ0n) is 19.4. The van der Waals surface area contributed by atoms with Crippen molar-refractivity contribution in [3.8, 4) is 17.1 Å². The highest BCUT2D eigenvalue weighted by molar-refractivity contribution is 8.18. The molecule has 2 aliphatic rings. The third-order valence-corrected chi connectivity index (χ3v) is 7.05. The van der Waals surface area contributed by atoms with Crippen molar-refractivity contribution in [1.29, 1.82) is 0 Å². The van der Waals surface area contributed by atoms with Gasteiger partial charge in [0.2, 0.25) is 0 Å². The fourth-order valence-electron chi connectivity index (χ4n) is 4.50. The fraction of sp³-hybridized carbons (Fsp3) is 0.222. The molecule has 0 radical (unpaired) electrons. The largest absolute Gasteiger partial charge is 0.454 e. The maximum Gasteiger partial charge on any atom is 0.286 e. The van der Waals surface area contributed by atoms with Gasteiger partial charge in [-0.05, 0) is 56.0 Å². The predicted molar refractivity (Wildman–Crippen MR) is 138 cm³/mol. The number of benzene rings is 2. The van der Waals surface area contributed by atoms with E-state index in [4.69, 9.17) is 14.3 Å². The molecule has 1 amide bonds. The van der Waals surface area contributed by atoms with E-state index in [0.29, 0.717) is 29.4 Å². The van der Waals surface area contributed by atoms with Crippen LogP contribution in [0.3, 0.4) is 0 Å². The van der Waals surface area contributed by atoms with Crippen molar-refractivity contribution >= 4 is 39.9 Å². The van der Waals surface area contributed by atoms with E-state index in [1.807, 2.05) is 91.5 Å². The minimum absolute atomic E-state index is 0.0916. The van der Waals surface area contributed by atoms with E-state index in [1.165, 1.54) is 11.8 Å². The molecule has 35 heavy (non-hydrogen) atoms. The van der Waals surface area contributed by atoms with Crippen molar-refractivity contribution in [2.24, 2.45) is 4.99 Å². The predicted octanol–water partition coefficient (Wildman–Crippen LogP) is 5.37. The Labute approximate surface area is 207 Å². The number of thioether (sulfide) groups is 1. The topological polar surface area (TPSA) is 72.9 Å². The number of aliphatic imine (C=N–C) groups is 1. The second-order valence-corrected chi connectivity index (χ2v) is 9.84. The van der Waals surface area contributed by atoms with E-state index in [2.05, 4.69) is 9.89 Å². The molecule has 4 aromatic rings. The number of amidine groups is 1. The minimum Gasteiger partial charge on any atom is -0.454 e. The summed E-state index contributed by atoms with van der Waals surface area (Å²) in [4.78, 5) is 19.9. The number of aromatic nitrogens is 2. The number of hydrogen-bond donors (Lipinski definition) is 0. The van der Waals surface area contributed by atoms with Gasteiger partial charge in [-0.1, -0.05) is 36.4 Å². The highest BCUT2D eigenvalue weighted by atomic mass is 32.2. The molecule has 4 heterocycles. The molecule has 176 valence electrons. The Kier molecular flexibility index (Phi) is 5.54. The zero-order valence-corrected chi connectivity index (χ0v) is 20.2. The molecule has 2 atom stereocenters. The monoisotopic (exact) mass is 484 g/mol. The molecule has 1 saturated heterocycles. The van der Waals surface area contributed by atoms with Crippen molar-refractivity contribution in [2.45, 2.75) is 26.1 Å². The van der Waals surface area contributed by atoms with Crippen LogP contribution in [0.25, 0.3) is 34.2 Å². The van der Waals surface area contributed by atoms with E-state index < -0.39 is 0 Å². The summed E-state index contributed by atoms with van der Waals surface area (Å²) in [5, 5.41) is 6.56. The molecule has 0 bridgehead atoms. The molecule has 6 rings (SSSR count). The number of rotatable bonds is 3. The molecule has 0 saturated carbocycles. The number of ether oxygens (including phenoxy) is 1. The minimum atomic E-state index is -0.236. The van der Waals surface area contributed by atoms with Crippen LogP contribution in [0, 0.1) is 0 Å². The average Bonchev–Trinajstić information content (AvgIpc) is 3.56. The number of amides is 1. The lowest BCUT2D eigenvalue weighted by molar-refractivity contribution is -0.113. The van der Waals surface area contributed by atoms with Crippen LogP contribution in [0.2, 0.25) is 0 Å². The summed E-state index contributed by atoms with van der Waals surface area (Å²) in [6, 6.07) is 19.7. The second kappa shape index (κ2) is 8.87. The van der Waals surface area contributed by atoms with Crippen LogP contribution < -0.4 is 0 Å². The molecular formula is C27H24N4O3S. The number of morpholine rings is 1. The highest BCUT2D eigenvalue weighted by Crippen LogP contribution is 2.35. The summed E-state index contributed by atoms with van der Waals surface area (Å²) >= 11 is 1.40.